The van der Waals surface area contributed by atoms with Crippen molar-refractivity contribution in [2.24, 2.45) is 0 Å². The number of nitrogens with zero attached hydrogens (tertiary/aromatic N) is 4. The molecule has 0 amide bonds. The minimum atomic E-state index is -0.457. The Morgan fingerprint density at radius 3 is 1.06 bits per heavy atom. The summed E-state index contributed by atoms with van der Waals surface area (Å²) in [6.45, 7) is 6.55. The average molecular weight is 1420 g/mol. The number of benzene rings is 16. The van der Waals surface area contributed by atoms with E-state index in [0.29, 0.717) is 27.5 Å². The molecule has 113 heavy (non-hydrogen) atoms. The molecule has 0 unspecified atom stereocenters. The number of hydrogen-bond acceptors (Lipinski definition) is 2. The fraction of sp³-hybridized carbons (Fsp3) is 0.0400. The van der Waals surface area contributed by atoms with Crippen LogP contribution in [0, 0.1) is 0 Å². The van der Waals surface area contributed by atoms with Crippen LogP contribution in [0.1, 0.15) is 26.3 Å². The summed E-state index contributed by atoms with van der Waals surface area (Å²) in [6.07, 6.45) is 0. The Morgan fingerprint density at radius 1 is 0.257 bits per heavy atom. The van der Waals surface area contributed by atoms with Crippen molar-refractivity contribution in [2.45, 2.75) is 26.2 Å². The summed E-state index contributed by atoms with van der Waals surface area (Å²) in [5.41, 5.74) is 30.7. The third-order valence-electron chi connectivity index (χ3n) is 23.4. The van der Waals surface area contributed by atoms with Crippen molar-refractivity contribution in [3.05, 3.63) is 333 Å². The quantitative estimate of drug-likeness (QED) is 0.120. The van der Waals surface area contributed by atoms with Gasteiger partial charge in [0.2, 0.25) is 0 Å². The average Bonchev–Trinajstić information content (AvgIpc) is 1.14. The Hall–Kier alpha value is -12.7. The van der Waals surface area contributed by atoms with Gasteiger partial charge in [-0.15, -0.1) is 21.9 Å². The zero-order valence-corrected chi connectivity index (χ0v) is 62.7. The number of aromatic nitrogens is 2. The monoisotopic (exact) mass is 1420 g/mol. The molecule has 0 saturated carbocycles. The lowest BCUT2D eigenvalue weighted by Gasteiger charge is -2.46. The molecular weight excluding hydrogens is 1350 g/mol. The fourth-order valence-electron chi connectivity index (χ4n) is 17.9. The molecule has 2 aliphatic heterocycles. The van der Waals surface area contributed by atoms with Crippen LogP contribution in [0.15, 0.2) is 328 Å². The van der Waals surface area contributed by atoms with Gasteiger partial charge in [-0.2, -0.15) is 0 Å². The Balaban J connectivity index is 0.965. The highest BCUT2D eigenvalue weighted by Crippen LogP contribution is 2.56. The molecule has 0 bridgehead atoms. The van der Waals surface area contributed by atoms with Crippen LogP contribution in [0.2, 0.25) is 0 Å². The van der Waals surface area contributed by atoms with Crippen LogP contribution in [-0.4, -0.2) is 78.6 Å². The number of fused-ring (bicyclic) bond motifs is 10. The van der Waals surface area contributed by atoms with Crippen LogP contribution >= 0.6 is 0 Å². The molecule has 0 atom stereocenters. The first-order valence-corrected chi connectivity index (χ1v) is 38.2. The highest BCUT2D eigenvalue weighted by Gasteiger charge is 2.47. The molecule has 0 aliphatic carbocycles. The maximum absolute atomic E-state index is 7.38. The molecule has 2 aliphatic rings. The van der Waals surface area contributed by atoms with Crippen LogP contribution in [0.5, 0.6) is 0 Å². The summed E-state index contributed by atoms with van der Waals surface area (Å²) in [4.78, 5) is 5.19. The summed E-state index contributed by atoms with van der Waals surface area (Å²) in [5, 5.41) is 3.23. The summed E-state index contributed by atoms with van der Waals surface area (Å²) in [5.74, 6) is 0. The van der Waals surface area contributed by atoms with E-state index in [2.05, 4.69) is 363 Å². The molecular formula is C100H63B9N4. The van der Waals surface area contributed by atoms with Gasteiger partial charge in [-0.3, -0.25) is 0 Å². The highest BCUT2D eigenvalue weighted by atomic mass is 15.2. The van der Waals surface area contributed by atoms with Crippen molar-refractivity contribution in [3.8, 4) is 89.3 Å². The Kier molecular flexibility index (Phi) is 16.6. The van der Waals surface area contributed by atoms with Crippen LogP contribution in [0.4, 0.5) is 34.1 Å². The van der Waals surface area contributed by atoms with Crippen molar-refractivity contribution in [1.82, 2.24) is 9.13 Å². The largest absolute Gasteiger partial charge is 0.310 e. The van der Waals surface area contributed by atoms with Gasteiger partial charge in [0.1, 0.15) is 62.8 Å². The first kappa shape index (κ1) is 69.5. The van der Waals surface area contributed by atoms with Crippen LogP contribution in [-0.2, 0) is 5.41 Å². The molecule has 0 fully saturated rings. The second-order valence-electron chi connectivity index (χ2n) is 30.8. The van der Waals surface area contributed by atoms with Gasteiger partial charge >= 0.3 is 0 Å². The van der Waals surface area contributed by atoms with Gasteiger partial charge in [0.25, 0.3) is 6.71 Å². The van der Waals surface area contributed by atoms with E-state index >= 15 is 0 Å². The van der Waals surface area contributed by atoms with Crippen molar-refractivity contribution < 1.29 is 0 Å². The maximum atomic E-state index is 7.38. The first-order chi connectivity index (χ1) is 55.1. The number of rotatable bonds is 11. The lowest BCUT2D eigenvalue weighted by atomic mass is 9.33. The van der Waals surface area contributed by atoms with E-state index in [1.54, 1.807) is 0 Å². The predicted molar refractivity (Wildman–Crippen MR) is 489 cm³/mol. The second-order valence-corrected chi connectivity index (χ2v) is 30.8. The fourth-order valence-corrected chi connectivity index (χ4v) is 17.9. The van der Waals surface area contributed by atoms with Crippen LogP contribution in [0.3, 0.4) is 0 Å². The summed E-state index contributed by atoms with van der Waals surface area (Å²) in [6, 6.07) is 120. The van der Waals surface area contributed by atoms with Crippen molar-refractivity contribution in [3.63, 3.8) is 0 Å². The van der Waals surface area contributed by atoms with E-state index in [0.717, 1.165) is 156 Å². The molecule has 13 heteroatoms. The topological polar surface area (TPSA) is 16.3 Å². The van der Waals surface area contributed by atoms with Gasteiger partial charge in [0.05, 0.1) is 22.4 Å². The second kappa shape index (κ2) is 27.1. The third-order valence-corrected chi connectivity index (χ3v) is 23.4. The van der Waals surface area contributed by atoms with Gasteiger partial charge in [-0.05, 0) is 179 Å². The lowest BCUT2D eigenvalue weighted by molar-refractivity contribution is 0.590. The standard InChI is InChI=1S/C100H63B9N4/c1-100(2,3)68-55-83-95-84(56-68)113(97-74(62-35-19-8-20-36-62)52-67(59-29-13-5-14-30-59)53-75(97)63-37-21-9-22-38-63)82-57-70(111-98-85(87(101)89(103)91(105)93(98)107)86-88(102)90(104)92(106)94(108)99(86)111)45-47-78(82)109(95)77-46-43-65(64-44-48-80-76(49-64)71-41-25-26-42-79(71)110(80)69-39-23-10-24-40-69)54-81(77)112(83)96-72(60-31-15-6-16-32-60)50-66(58-27-11-4-12-28-58)51-73(96)61-33-17-7-18-34-61/h4-57H,1-3H3. The molecule has 18 aromatic rings. The minimum Gasteiger partial charge on any atom is -0.310 e. The Labute approximate surface area is 670 Å². The molecule has 0 saturated heterocycles. The van der Waals surface area contributed by atoms with Crippen molar-refractivity contribution in [1.29, 1.82) is 0 Å². The van der Waals surface area contributed by atoms with E-state index in [-0.39, 0.29) is 43.7 Å². The molecule has 0 spiro atoms. The van der Waals surface area contributed by atoms with E-state index in [4.69, 9.17) is 62.8 Å². The summed E-state index contributed by atoms with van der Waals surface area (Å²) >= 11 is 0. The van der Waals surface area contributed by atoms with Crippen molar-refractivity contribution >= 4 is 207 Å². The van der Waals surface area contributed by atoms with E-state index in [1.165, 1.54) is 5.39 Å². The van der Waals surface area contributed by atoms with Gasteiger partial charge < -0.3 is 18.9 Å². The van der Waals surface area contributed by atoms with Crippen LogP contribution < -0.4 is 69.9 Å². The molecule has 2 aromatic heterocycles. The Bertz CT molecular complexity index is 6730. The van der Waals surface area contributed by atoms with Crippen LogP contribution in [0.25, 0.3) is 133 Å². The van der Waals surface area contributed by atoms with Crippen molar-refractivity contribution in [2.75, 3.05) is 9.80 Å². The molecule has 4 heterocycles. The van der Waals surface area contributed by atoms with Gasteiger partial charge in [-0.1, -0.05) is 285 Å². The summed E-state index contributed by atoms with van der Waals surface area (Å²) in [7, 11) is 56.8. The predicted octanol–water partition coefficient (Wildman–Crippen LogP) is 15.3. The SMILES string of the molecule is [B]c1c([B])c([B])c2c(c1[B])c1c([B])c([B])c([B])c([B])c1n2-c1ccc2c(c1)N(c1c(-c3ccccc3)cc(-c3ccccc3)cc1-c1ccccc1)c1cc(C(C)(C)C)cc3c1B2c1ccc(-c2ccc4c(c2)c2ccccc2n4-c2ccccc2)cc1N3c1c(-c2ccccc2)cc(-c2ccccc2)cc1-c1ccccc1. The molecule has 16 aromatic carbocycles. The minimum absolute atomic E-state index is 0.116. The number of hydrogen-bond donors (Lipinski definition) is 0. The maximum Gasteiger partial charge on any atom is 0.252 e. The van der Waals surface area contributed by atoms with Gasteiger partial charge in [-0.25, -0.2) is 0 Å². The molecule has 4 nitrogen and oxygen atoms in total. The molecule has 510 valence electrons. The van der Waals surface area contributed by atoms with E-state index < -0.39 is 12.1 Å². The zero-order valence-electron chi connectivity index (χ0n) is 62.7. The molecule has 0 N–H and O–H groups in total. The normalized spacial score (nSPS) is 12.4. The third kappa shape index (κ3) is 11.1. The van der Waals surface area contributed by atoms with E-state index in [1.807, 2.05) is 4.57 Å². The van der Waals surface area contributed by atoms with E-state index in [9.17, 15) is 0 Å². The summed E-state index contributed by atoms with van der Waals surface area (Å²) < 4.78 is 4.38. The van der Waals surface area contributed by atoms with Gasteiger partial charge in [0.15, 0.2) is 0 Å². The lowest BCUT2D eigenvalue weighted by Crippen LogP contribution is -2.61. The number of anilines is 6. The molecule has 20 rings (SSSR count). The highest BCUT2D eigenvalue weighted by molar-refractivity contribution is 7.00. The first-order valence-electron chi connectivity index (χ1n) is 38.2. The zero-order chi connectivity index (χ0) is 76.8. The number of para-hydroxylation sites is 2. The van der Waals surface area contributed by atoms with Gasteiger partial charge in [0, 0.05) is 78.2 Å². The smallest absolute Gasteiger partial charge is 0.252 e. The molecule has 16 radical (unpaired) electrons. The Morgan fingerprint density at radius 2 is 0.619 bits per heavy atom.